The van der Waals surface area contributed by atoms with Crippen molar-refractivity contribution in [1.29, 1.82) is 0 Å². The average molecular weight is 653 g/mol. The summed E-state index contributed by atoms with van der Waals surface area (Å²) in [5.74, 6) is -0.878. The lowest BCUT2D eigenvalue weighted by atomic mass is 10.1. The second-order valence-corrected chi connectivity index (χ2v) is 13.2. The molecule has 0 fully saturated rings. The van der Waals surface area contributed by atoms with Gasteiger partial charge in [0, 0.05) is 28.2 Å². The standard InChI is InChI=1S/C31H36Cl3N3O4S/c1-5-7-16-35-31(39)29(6-2)36(19-23-9-10-25(33)18-28(23)34)30(38)20-37(26-13-8-21(3)22(4)17-26)42(40,41)27-14-11-24(32)12-15-27/h8-15,17-18,29H,5-7,16,19-20H2,1-4H3,(H,35,39). The fourth-order valence-electron chi connectivity index (χ4n) is 4.40. The molecule has 11 heteroatoms. The number of sulfonamides is 1. The summed E-state index contributed by atoms with van der Waals surface area (Å²) >= 11 is 18.6. The first-order valence-corrected chi connectivity index (χ1v) is 16.3. The molecular formula is C31H36Cl3N3O4S. The fourth-order valence-corrected chi connectivity index (χ4v) is 6.40. The minimum absolute atomic E-state index is 0.0176. The van der Waals surface area contributed by atoms with Crippen LogP contribution in [-0.4, -0.2) is 44.3 Å². The van der Waals surface area contributed by atoms with E-state index in [4.69, 9.17) is 34.8 Å². The van der Waals surface area contributed by atoms with E-state index in [1.165, 1.54) is 29.2 Å². The Hall–Kier alpha value is -2.78. The zero-order valence-corrected chi connectivity index (χ0v) is 27.2. The van der Waals surface area contributed by atoms with Crippen LogP contribution in [0.3, 0.4) is 0 Å². The Labute approximate surface area is 263 Å². The number of unbranched alkanes of at least 4 members (excludes halogenated alkanes) is 1. The van der Waals surface area contributed by atoms with Crippen LogP contribution in [0.4, 0.5) is 5.69 Å². The summed E-state index contributed by atoms with van der Waals surface area (Å²) in [4.78, 5) is 28.9. The quantitative estimate of drug-likeness (QED) is 0.198. The maximum absolute atomic E-state index is 14.2. The molecule has 3 aromatic carbocycles. The highest BCUT2D eigenvalue weighted by Gasteiger charge is 2.34. The first-order chi connectivity index (χ1) is 19.9. The monoisotopic (exact) mass is 651 g/mol. The molecule has 42 heavy (non-hydrogen) atoms. The number of nitrogens with one attached hydrogen (secondary N) is 1. The number of amides is 2. The second kappa shape index (κ2) is 15.1. The number of halogens is 3. The molecule has 0 heterocycles. The van der Waals surface area contributed by atoms with Gasteiger partial charge in [-0.25, -0.2) is 8.42 Å². The molecule has 2 amide bonds. The zero-order chi connectivity index (χ0) is 31.0. The van der Waals surface area contributed by atoms with E-state index in [1.54, 1.807) is 43.3 Å². The first-order valence-electron chi connectivity index (χ1n) is 13.8. The number of rotatable bonds is 13. The minimum Gasteiger partial charge on any atom is -0.354 e. The van der Waals surface area contributed by atoms with Crippen LogP contribution >= 0.6 is 34.8 Å². The molecule has 0 bridgehead atoms. The molecule has 1 atom stereocenters. The van der Waals surface area contributed by atoms with Gasteiger partial charge in [0.15, 0.2) is 0 Å². The van der Waals surface area contributed by atoms with Gasteiger partial charge in [-0.15, -0.1) is 0 Å². The van der Waals surface area contributed by atoms with Crippen molar-refractivity contribution in [2.45, 2.75) is 64.4 Å². The number of carbonyl (C=O) groups is 2. The number of benzene rings is 3. The summed E-state index contributed by atoms with van der Waals surface area (Å²) in [7, 11) is -4.20. The molecule has 0 aliphatic rings. The van der Waals surface area contributed by atoms with E-state index >= 15 is 0 Å². The SMILES string of the molecule is CCCCNC(=O)C(CC)N(Cc1ccc(Cl)cc1Cl)C(=O)CN(c1ccc(C)c(C)c1)S(=O)(=O)c1ccc(Cl)cc1. The predicted octanol–water partition coefficient (Wildman–Crippen LogP) is 7.18. The number of hydrogen-bond acceptors (Lipinski definition) is 4. The number of hydrogen-bond donors (Lipinski definition) is 1. The smallest absolute Gasteiger partial charge is 0.264 e. The largest absolute Gasteiger partial charge is 0.354 e. The molecule has 3 rings (SSSR count). The van der Waals surface area contributed by atoms with Crippen molar-refractivity contribution in [1.82, 2.24) is 10.2 Å². The predicted molar refractivity (Wildman–Crippen MR) is 171 cm³/mol. The summed E-state index contributed by atoms with van der Waals surface area (Å²) in [5.41, 5.74) is 2.74. The van der Waals surface area contributed by atoms with Crippen LogP contribution in [0.1, 0.15) is 49.8 Å². The lowest BCUT2D eigenvalue weighted by Crippen LogP contribution is -2.52. The summed E-state index contributed by atoms with van der Waals surface area (Å²) in [6.45, 7) is 7.52. The van der Waals surface area contributed by atoms with Gasteiger partial charge in [0.1, 0.15) is 12.6 Å². The molecule has 0 saturated heterocycles. The molecule has 3 aromatic rings. The molecule has 0 aliphatic heterocycles. The summed E-state index contributed by atoms with van der Waals surface area (Å²) in [6.07, 6.45) is 2.00. The van der Waals surface area contributed by atoms with Crippen LogP contribution < -0.4 is 9.62 Å². The average Bonchev–Trinajstić information content (AvgIpc) is 2.94. The van der Waals surface area contributed by atoms with E-state index in [9.17, 15) is 18.0 Å². The Morgan fingerprint density at radius 1 is 0.881 bits per heavy atom. The van der Waals surface area contributed by atoms with Gasteiger partial charge in [-0.2, -0.15) is 0 Å². The van der Waals surface area contributed by atoms with Gasteiger partial charge < -0.3 is 10.2 Å². The minimum atomic E-state index is -4.20. The van der Waals surface area contributed by atoms with Crippen molar-refractivity contribution < 1.29 is 18.0 Å². The van der Waals surface area contributed by atoms with Crippen molar-refractivity contribution in [3.8, 4) is 0 Å². The maximum atomic E-state index is 14.2. The van der Waals surface area contributed by atoms with E-state index in [1.807, 2.05) is 20.8 Å². The van der Waals surface area contributed by atoms with Crippen molar-refractivity contribution in [3.05, 3.63) is 92.4 Å². The maximum Gasteiger partial charge on any atom is 0.264 e. The van der Waals surface area contributed by atoms with Gasteiger partial charge >= 0.3 is 0 Å². The van der Waals surface area contributed by atoms with Crippen LogP contribution in [-0.2, 0) is 26.2 Å². The Kier molecular flexibility index (Phi) is 12.1. The first kappa shape index (κ1) is 33.7. The lowest BCUT2D eigenvalue weighted by molar-refractivity contribution is -0.140. The van der Waals surface area contributed by atoms with E-state index in [0.29, 0.717) is 39.3 Å². The van der Waals surface area contributed by atoms with E-state index < -0.39 is 28.5 Å². The summed E-state index contributed by atoms with van der Waals surface area (Å²) in [5, 5.41) is 4.06. The van der Waals surface area contributed by atoms with Crippen molar-refractivity contribution >= 4 is 62.3 Å². The van der Waals surface area contributed by atoms with Gasteiger partial charge in [-0.05, 0) is 91.9 Å². The second-order valence-electron chi connectivity index (χ2n) is 10.1. The van der Waals surface area contributed by atoms with Crippen LogP contribution in [0.15, 0.2) is 65.6 Å². The molecule has 1 N–H and O–H groups in total. The number of carbonyl (C=O) groups excluding carboxylic acids is 2. The topological polar surface area (TPSA) is 86.8 Å². The van der Waals surface area contributed by atoms with Crippen molar-refractivity contribution in [2.75, 3.05) is 17.4 Å². The van der Waals surface area contributed by atoms with Gasteiger partial charge in [0.05, 0.1) is 10.6 Å². The third-order valence-corrected chi connectivity index (χ3v) is 9.66. The third kappa shape index (κ3) is 8.40. The van der Waals surface area contributed by atoms with E-state index in [0.717, 1.165) is 28.3 Å². The molecule has 0 aromatic heterocycles. The van der Waals surface area contributed by atoms with Gasteiger partial charge in [0.25, 0.3) is 10.0 Å². The Morgan fingerprint density at radius 2 is 1.55 bits per heavy atom. The molecule has 226 valence electrons. The molecule has 0 saturated carbocycles. The number of nitrogens with zero attached hydrogens (tertiary/aromatic N) is 2. The van der Waals surface area contributed by atoms with Crippen molar-refractivity contribution in [2.24, 2.45) is 0 Å². The fraction of sp³-hybridized carbons (Fsp3) is 0.355. The van der Waals surface area contributed by atoms with Crippen LogP contribution in [0.2, 0.25) is 15.1 Å². The molecular weight excluding hydrogens is 617 g/mol. The Bertz CT molecular complexity index is 1510. The lowest BCUT2D eigenvalue weighted by Gasteiger charge is -2.33. The third-order valence-electron chi connectivity index (χ3n) is 7.03. The molecule has 0 radical (unpaired) electrons. The summed E-state index contributed by atoms with van der Waals surface area (Å²) < 4.78 is 29.1. The van der Waals surface area contributed by atoms with E-state index in [2.05, 4.69) is 5.32 Å². The molecule has 0 spiro atoms. The zero-order valence-electron chi connectivity index (χ0n) is 24.2. The van der Waals surface area contributed by atoms with Crippen LogP contribution in [0.25, 0.3) is 0 Å². The number of anilines is 1. The molecule has 0 aliphatic carbocycles. The normalized spacial score (nSPS) is 12.1. The Balaban J connectivity index is 2.08. The van der Waals surface area contributed by atoms with Gasteiger partial charge in [-0.1, -0.05) is 67.2 Å². The highest BCUT2D eigenvalue weighted by molar-refractivity contribution is 7.92. The number of aryl methyl sites for hydroxylation is 2. The molecule has 7 nitrogen and oxygen atoms in total. The van der Waals surface area contributed by atoms with Crippen molar-refractivity contribution in [3.63, 3.8) is 0 Å². The summed E-state index contributed by atoms with van der Waals surface area (Å²) in [6, 6.07) is 15.0. The van der Waals surface area contributed by atoms with Gasteiger partial charge in [0.2, 0.25) is 11.8 Å². The highest BCUT2D eigenvalue weighted by Crippen LogP contribution is 2.28. The highest BCUT2D eigenvalue weighted by atomic mass is 35.5. The Morgan fingerprint density at radius 3 is 2.14 bits per heavy atom. The van der Waals surface area contributed by atoms with Crippen LogP contribution in [0, 0.1) is 13.8 Å². The van der Waals surface area contributed by atoms with Crippen LogP contribution in [0.5, 0.6) is 0 Å². The van der Waals surface area contributed by atoms with Gasteiger partial charge in [-0.3, -0.25) is 13.9 Å². The van der Waals surface area contributed by atoms with E-state index in [-0.39, 0.29) is 17.3 Å². The molecule has 1 unspecified atom stereocenters.